The standard InChI is InChI=1S/C24H14N8/c1-2-4-14-12-16-15(11-13(14)3-1)23-30-21-9-7-19(28-21)26-17-5-6-18(25-17)27-20-8-10-22(29-20)31-24(16)32-23/h1-12H,(H2,25,26,27,28,29,30,31,32). The largest absolute Gasteiger partial charge is 0.325 e. The number of nitrogens with zero attached hydrogens (tertiary/aromatic N) is 6. The Morgan fingerprint density at radius 3 is 1.66 bits per heavy atom. The molecular weight excluding hydrogens is 400 g/mol. The summed E-state index contributed by atoms with van der Waals surface area (Å²) in [5.41, 5.74) is 4.57. The van der Waals surface area contributed by atoms with Gasteiger partial charge in [0, 0.05) is 11.1 Å². The molecule has 2 aliphatic heterocycles. The maximum Gasteiger partial charge on any atom is 0.164 e. The average Bonchev–Trinajstić information content (AvgIpc) is 3.58. The third kappa shape index (κ3) is 2.78. The van der Waals surface area contributed by atoms with E-state index in [2.05, 4.69) is 49.2 Å². The smallest absolute Gasteiger partial charge is 0.164 e. The zero-order valence-corrected chi connectivity index (χ0v) is 16.6. The van der Waals surface area contributed by atoms with Crippen LogP contribution in [0.1, 0.15) is 11.6 Å². The maximum absolute atomic E-state index is 4.77. The molecule has 0 atom stereocenters. The number of fused-ring (bicyclic) bond motifs is 12. The van der Waals surface area contributed by atoms with E-state index in [1.165, 1.54) is 0 Å². The van der Waals surface area contributed by atoms with Crippen molar-refractivity contribution in [3.63, 3.8) is 0 Å². The maximum atomic E-state index is 4.77. The number of benzene rings is 2. The number of hydrogen-bond donors (Lipinski definition) is 2. The molecule has 2 aliphatic rings. The van der Waals surface area contributed by atoms with Crippen LogP contribution in [0.4, 0.5) is 0 Å². The number of H-pyrrole nitrogens is 2. The monoisotopic (exact) mass is 414 g/mol. The van der Waals surface area contributed by atoms with Gasteiger partial charge in [-0.2, -0.15) is 0 Å². The SMILES string of the molecule is C1=Cc2nc1nc1nc(nc3ccc(nc4ccc(n2)[nH]4)[nH]3)-c2cc3ccccc3cc2-1. The van der Waals surface area contributed by atoms with Crippen LogP contribution < -0.4 is 0 Å². The first-order valence-electron chi connectivity index (χ1n) is 10.1. The lowest BCUT2D eigenvalue weighted by molar-refractivity contribution is 1.10. The highest BCUT2D eigenvalue weighted by Gasteiger charge is 2.20. The van der Waals surface area contributed by atoms with Crippen molar-refractivity contribution in [3.05, 3.63) is 72.3 Å². The molecule has 0 amide bonds. The van der Waals surface area contributed by atoms with Crippen LogP contribution in [-0.2, 0) is 0 Å². The van der Waals surface area contributed by atoms with Crippen LogP contribution in [0, 0.1) is 0 Å². The first-order chi connectivity index (χ1) is 15.8. The summed E-state index contributed by atoms with van der Waals surface area (Å²) in [6, 6.07) is 19.9. The van der Waals surface area contributed by atoms with Gasteiger partial charge < -0.3 is 9.97 Å². The van der Waals surface area contributed by atoms with Crippen molar-refractivity contribution in [2.75, 3.05) is 0 Å². The highest BCUT2D eigenvalue weighted by Crippen LogP contribution is 2.36. The number of aromatic amines is 2. The van der Waals surface area contributed by atoms with Crippen LogP contribution in [0.25, 0.3) is 68.3 Å². The lowest BCUT2D eigenvalue weighted by atomic mass is 10.0. The molecule has 0 unspecified atom stereocenters. The van der Waals surface area contributed by atoms with Crippen LogP contribution >= 0.6 is 0 Å². The van der Waals surface area contributed by atoms with Crippen LogP contribution in [0.5, 0.6) is 0 Å². The fourth-order valence-electron chi connectivity index (χ4n) is 3.95. The molecule has 5 aromatic rings. The van der Waals surface area contributed by atoms with Crippen LogP contribution in [0.15, 0.2) is 60.7 Å². The topological polar surface area (TPSA) is 109 Å². The molecule has 0 saturated carbocycles. The van der Waals surface area contributed by atoms with Crippen molar-refractivity contribution in [1.82, 2.24) is 39.9 Å². The molecule has 8 nitrogen and oxygen atoms in total. The van der Waals surface area contributed by atoms with Crippen molar-refractivity contribution in [1.29, 1.82) is 0 Å². The summed E-state index contributed by atoms with van der Waals surface area (Å²) in [5, 5.41) is 2.24. The minimum atomic E-state index is 0.550. The van der Waals surface area contributed by atoms with Gasteiger partial charge in [0.25, 0.3) is 0 Å². The second-order valence-corrected chi connectivity index (χ2v) is 7.57. The van der Waals surface area contributed by atoms with Gasteiger partial charge in [-0.3, -0.25) is 0 Å². The number of hydrogen-bond acceptors (Lipinski definition) is 6. The Balaban J connectivity index is 1.59. The average molecular weight is 414 g/mol. The molecule has 150 valence electrons. The summed E-state index contributed by atoms with van der Waals surface area (Å²) in [7, 11) is 0. The molecule has 8 bridgehead atoms. The highest BCUT2D eigenvalue weighted by molar-refractivity contribution is 5.96. The molecule has 3 aromatic heterocycles. The van der Waals surface area contributed by atoms with Gasteiger partial charge in [-0.15, -0.1) is 0 Å². The van der Waals surface area contributed by atoms with Crippen molar-refractivity contribution in [2.24, 2.45) is 0 Å². The molecule has 0 saturated heterocycles. The number of aromatic nitrogens is 8. The lowest BCUT2D eigenvalue weighted by Gasteiger charge is -2.02. The molecule has 32 heavy (non-hydrogen) atoms. The van der Waals surface area contributed by atoms with E-state index in [0.29, 0.717) is 45.9 Å². The van der Waals surface area contributed by atoms with E-state index >= 15 is 0 Å². The van der Waals surface area contributed by atoms with Crippen molar-refractivity contribution >= 4 is 45.5 Å². The third-order valence-corrected chi connectivity index (χ3v) is 5.42. The fourth-order valence-corrected chi connectivity index (χ4v) is 3.95. The van der Waals surface area contributed by atoms with Gasteiger partial charge in [0.1, 0.15) is 22.6 Å². The molecule has 0 aliphatic carbocycles. The van der Waals surface area contributed by atoms with Gasteiger partial charge in [-0.05, 0) is 59.3 Å². The Morgan fingerprint density at radius 1 is 0.469 bits per heavy atom. The number of nitrogens with one attached hydrogen (secondary N) is 2. The van der Waals surface area contributed by atoms with Gasteiger partial charge >= 0.3 is 0 Å². The molecule has 0 radical (unpaired) electrons. The van der Waals surface area contributed by atoms with E-state index in [4.69, 9.17) is 15.0 Å². The Labute approximate surface area is 180 Å². The lowest BCUT2D eigenvalue weighted by Crippen LogP contribution is -1.86. The first kappa shape index (κ1) is 17.0. The van der Waals surface area contributed by atoms with Gasteiger partial charge in [0.05, 0.1) is 0 Å². The van der Waals surface area contributed by atoms with Crippen molar-refractivity contribution in [3.8, 4) is 22.8 Å². The summed E-state index contributed by atoms with van der Waals surface area (Å²) in [4.78, 5) is 34.3. The van der Waals surface area contributed by atoms with E-state index in [1.54, 1.807) is 0 Å². The second-order valence-electron chi connectivity index (χ2n) is 7.57. The minimum absolute atomic E-state index is 0.550. The van der Waals surface area contributed by atoms with Gasteiger partial charge in [0.15, 0.2) is 23.3 Å². The normalized spacial score (nSPS) is 12.2. The molecule has 7 rings (SSSR count). The van der Waals surface area contributed by atoms with E-state index in [0.717, 1.165) is 21.9 Å². The predicted molar refractivity (Wildman–Crippen MR) is 123 cm³/mol. The summed E-state index contributed by atoms with van der Waals surface area (Å²) in [5.74, 6) is 2.30. The molecule has 8 heteroatoms. The summed E-state index contributed by atoms with van der Waals surface area (Å²) < 4.78 is 0. The van der Waals surface area contributed by atoms with Crippen LogP contribution in [0.2, 0.25) is 0 Å². The van der Waals surface area contributed by atoms with E-state index < -0.39 is 0 Å². The zero-order valence-electron chi connectivity index (χ0n) is 16.6. The van der Waals surface area contributed by atoms with Gasteiger partial charge in [-0.1, -0.05) is 24.3 Å². The molecule has 0 spiro atoms. The van der Waals surface area contributed by atoms with E-state index in [-0.39, 0.29) is 0 Å². The van der Waals surface area contributed by atoms with Crippen LogP contribution in [-0.4, -0.2) is 39.9 Å². The van der Waals surface area contributed by atoms with Crippen molar-refractivity contribution < 1.29 is 0 Å². The van der Waals surface area contributed by atoms with Crippen molar-refractivity contribution in [2.45, 2.75) is 0 Å². The van der Waals surface area contributed by atoms with Gasteiger partial charge in [-0.25, -0.2) is 29.9 Å². The molecule has 2 aromatic carbocycles. The Bertz CT molecular complexity index is 1740. The Hall–Kier alpha value is -4.72. The van der Waals surface area contributed by atoms with Crippen LogP contribution in [0.3, 0.4) is 0 Å². The van der Waals surface area contributed by atoms with E-state index in [1.807, 2.05) is 48.6 Å². The summed E-state index contributed by atoms with van der Waals surface area (Å²) in [6.07, 6.45) is 3.66. The first-order valence-corrected chi connectivity index (χ1v) is 10.1. The summed E-state index contributed by atoms with van der Waals surface area (Å²) >= 11 is 0. The molecular formula is C24H14N8. The number of rotatable bonds is 0. The zero-order chi connectivity index (χ0) is 21.1. The quantitative estimate of drug-likeness (QED) is 0.377. The van der Waals surface area contributed by atoms with E-state index in [9.17, 15) is 0 Å². The Kier molecular flexibility index (Phi) is 3.40. The molecule has 5 heterocycles. The summed E-state index contributed by atoms with van der Waals surface area (Å²) in [6.45, 7) is 0. The highest BCUT2D eigenvalue weighted by atomic mass is 15.0. The predicted octanol–water partition coefficient (Wildman–Crippen LogP) is 4.55. The second kappa shape index (κ2) is 6.39. The van der Waals surface area contributed by atoms with Gasteiger partial charge in [0.2, 0.25) is 0 Å². The molecule has 2 N–H and O–H groups in total. The fraction of sp³-hybridized carbons (Fsp3) is 0. The third-order valence-electron chi connectivity index (χ3n) is 5.42. The minimum Gasteiger partial charge on any atom is -0.325 e. The Morgan fingerprint density at radius 2 is 1.00 bits per heavy atom. The molecule has 0 fully saturated rings.